The zero-order valence-corrected chi connectivity index (χ0v) is 48.3. The van der Waals surface area contributed by atoms with Gasteiger partial charge in [-0.05, 0) is 0 Å². The lowest BCUT2D eigenvalue weighted by Gasteiger charge is -2.12. The van der Waals surface area contributed by atoms with E-state index < -0.39 is 18.0 Å². The summed E-state index contributed by atoms with van der Waals surface area (Å²) in [5.74, 6) is -1.16. The molecule has 0 spiro atoms. The minimum atomic E-state index is -1.14. The third-order valence-corrected chi connectivity index (χ3v) is 9.86. The van der Waals surface area contributed by atoms with Gasteiger partial charge in [-0.15, -0.1) is 0 Å². The van der Waals surface area contributed by atoms with Gasteiger partial charge in [0, 0.05) is 20.0 Å². The van der Waals surface area contributed by atoms with Crippen LogP contribution in [0.4, 0.5) is 4.79 Å². The molecule has 0 aromatic rings. The van der Waals surface area contributed by atoms with Crippen molar-refractivity contribution in [3.8, 4) is 0 Å². The first kappa shape index (κ1) is 76.5. The van der Waals surface area contributed by atoms with Gasteiger partial charge in [0.15, 0.2) is 0 Å². The zero-order valence-electron chi connectivity index (χ0n) is 48.3. The smallest absolute Gasteiger partial charge is 0.430 e. The summed E-state index contributed by atoms with van der Waals surface area (Å²) in [6.07, 6.45) is -1.12. The van der Waals surface area contributed by atoms with Crippen molar-refractivity contribution < 1.29 is 133 Å². The Morgan fingerprint density at radius 3 is 0.531 bits per heavy atom. The van der Waals surface area contributed by atoms with Crippen LogP contribution in [-0.4, -0.2) is 334 Å². The first-order valence-electron chi connectivity index (χ1n) is 28.0. The molecule has 0 saturated carbocycles. The van der Waals surface area contributed by atoms with E-state index in [4.69, 9.17) is 114 Å². The Morgan fingerprint density at radius 2 is 0.383 bits per heavy atom. The molecule has 0 atom stereocenters. The SMILES string of the molecule is COCCOCCOCCOCCOCCOCCOCCOCCOCCOCCOCCOCCOCCOCCOCCOCCOCCOCCOCCOCCOCCOCCOCCOC(=O)ON1C(=O)CCC1=O. The second-order valence-electron chi connectivity index (χ2n) is 16.2. The molecule has 1 aliphatic heterocycles. The van der Waals surface area contributed by atoms with Crippen LogP contribution in [-0.2, 0) is 128 Å². The standard InChI is InChI=1S/C52H99NO28/c1-57-4-5-58-6-7-59-8-9-60-10-11-61-12-13-62-14-15-63-16-17-64-18-19-65-20-21-66-22-23-67-24-25-68-26-27-69-28-29-70-30-31-71-32-33-72-34-35-73-36-37-74-38-39-75-40-41-76-42-43-77-44-45-78-46-47-79-48-49-80-52(56)81-53-50(54)2-3-51(53)55/h2-49H2,1H3. The summed E-state index contributed by atoms with van der Waals surface area (Å²) in [7, 11) is 1.64. The van der Waals surface area contributed by atoms with Gasteiger partial charge in [0.1, 0.15) is 6.61 Å². The number of imide groups is 1. The molecule has 81 heavy (non-hydrogen) atoms. The third-order valence-electron chi connectivity index (χ3n) is 9.86. The fourth-order valence-corrected chi connectivity index (χ4v) is 5.81. The van der Waals surface area contributed by atoms with Crippen molar-refractivity contribution in [3.63, 3.8) is 0 Å². The summed E-state index contributed by atoms with van der Waals surface area (Å²) >= 11 is 0. The number of hydroxylamine groups is 2. The van der Waals surface area contributed by atoms with Crippen molar-refractivity contribution in [1.29, 1.82) is 0 Å². The van der Waals surface area contributed by atoms with E-state index in [9.17, 15) is 14.4 Å². The molecule has 1 rings (SSSR count). The topological polar surface area (TPSA) is 285 Å². The van der Waals surface area contributed by atoms with E-state index in [-0.39, 0.29) is 32.7 Å². The number of rotatable bonds is 70. The van der Waals surface area contributed by atoms with E-state index in [1.54, 1.807) is 7.11 Å². The van der Waals surface area contributed by atoms with Crippen molar-refractivity contribution >= 4 is 18.0 Å². The van der Waals surface area contributed by atoms with Crippen molar-refractivity contribution in [3.05, 3.63) is 0 Å². The molecule has 0 N–H and O–H groups in total. The Morgan fingerprint density at radius 1 is 0.247 bits per heavy atom. The fourth-order valence-electron chi connectivity index (χ4n) is 5.81. The van der Waals surface area contributed by atoms with Crippen LogP contribution in [0.5, 0.6) is 0 Å². The molecule has 0 aromatic carbocycles. The Balaban J connectivity index is 1.60. The van der Waals surface area contributed by atoms with Crippen molar-refractivity contribution in [2.75, 3.05) is 311 Å². The normalized spacial score (nSPS) is 12.7. The molecule has 1 aliphatic rings. The van der Waals surface area contributed by atoms with Gasteiger partial charge >= 0.3 is 6.16 Å². The minimum absolute atomic E-state index is 0.0103. The van der Waals surface area contributed by atoms with Crippen LogP contribution in [0, 0.1) is 0 Å². The summed E-state index contributed by atoms with van der Waals surface area (Å²) in [6, 6.07) is 0. The lowest BCUT2D eigenvalue weighted by Crippen LogP contribution is -2.32. The number of carbonyl (C=O) groups is 3. The second kappa shape index (κ2) is 66.6. The van der Waals surface area contributed by atoms with Crippen LogP contribution in [0.3, 0.4) is 0 Å². The van der Waals surface area contributed by atoms with E-state index in [2.05, 4.69) is 4.84 Å². The van der Waals surface area contributed by atoms with Crippen LogP contribution < -0.4 is 0 Å². The Kier molecular flexibility index (Phi) is 62.9. The van der Waals surface area contributed by atoms with Gasteiger partial charge in [0.05, 0.1) is 297 Å². The Labute approximate surface area is 478 Å². The molecule has 29 nitrogen and oxygen atoms in total. The largest absolute Gasteiger partial charge is 0.534 e. The van der Waals surface area contributed by atoms with Crippen LogP contribution in [0.2, 0.25) is 0 Å². The highest BCUT2D eigenvalue weighted by molar-refractivity contribution is 6.01. The summed E-state index contributed by atoms with van der Waals surface area (Å²) in [5, 5.41) is 0.417. The summed E-state index contributed by atoms with van der Waals surface area (Å²) in [6.45, 7) is 20.8. The van der Waals surface area contributed by atoms with Crippen LogP contribution >= 0.6 is 0 Å². The molecule has 0 bridgehead atoms. The second-order valence-corrected chi connectivity index (χ2v) is 16.2. The first-order valence-corrected chi connectivity index (χ1v) is 28.0. The number of carbonyl (C=O) groups excluding carboxylic acids is 3. The minimum Gasteiger partial charge on any atom is -0.430 e. The van der Waals surface area contributed by atoms with Gasteiger partial charge in [-0.2, -0.15) is 0 Å². The van der Waals surface area contributed by atoms with Crippen LogP contribution in [0.15, 0.2) is 0 Å². The number of hydrogen-bond acceptors (Lipinski definition) is 28. The number of amides is 2. The van der Waals surface area contributed by atoms with E-state index in [0.717, 1.165) is 0 Å². The molecule has 1 fully saturated rings. The molecule has 0 unspecified atom stereocenters. The molecule has 1 saturated heterocycles. The summed E-state index contributed by atoms with van der Waals surface area (Å²) < 4.78 is 130. The number of hydrogen-bond donors (Lipinski definition) is 0. The van der Waals surface area contributed by atoms with E-state index in [0.29, 0.717) is 289 Å². The Bertz CT molecular complexity index is 1290. The zero-order chi connectivity index (χ0) is 57.9. The summed E-state index contributed by atoms with van der Waals surface area (Å²) in [5.41, 5.74) is 0. The van der Waals surface area contributed by atoms with Gasteiger partial charge < -0.3 is 114 Å². The maximum atomic E-state index is 11.5. The van der Waals surface area contributed by atoms with Crippen molar-refractivity contribution in [1.82, 2.24) is 5.06 Å². The van der Waals surface area contributed by atoms with Gasteiger partial charge in [-0.1, -0.05) is 5.06 Å². The van der Waals surface area contributed by atoms with E-state index in [1.807, 2.05) is 0 Å². The fraction of sp³-hybridized carbons (Fsp3) is 0.942. The average molecular weight is 1190 g/mol. The number of nitrogens with zero attached hydrogens (tertiary/aromatic N) is 1. The Hall–Kier alpha value is -2.51. The van der Waals surface area contributed by atoms with E-state index >= 15 is 0 Å². The number of ether oxygens (including phenoxy) is 24. The molecular weight excluding hydrogens is 1090 g/mol. The molecule has 2 amide bonds. The quantitative estimate of drug-likeness (QED) is 0.0447. The van der Waals surface area contributed by atoms with Gasteiger partial charge in [0.2, 0.25) is 0 Å². The maximum absolute atomic E-state index is 11.5. The van der Waals surface area contributed by atoms with E-state index in [1.165, 1.54) is 0 Å². The molecule has 480 valence electrons. The van der Waals surface area contributed by atoms with Gasteiger partial charge in [0.25, 0.3) is 11.8 Å². The molecule has 0 radical (unpaired) electrons. The van der Waals surface area contributed by atoms with Gasteiger partial charge in [-0.25, -0.2) is 4.79 Å². The molecule has 0 aromatic heterocycles. The highest BCUT2D eigenvalue weighted by Gasteiger charge is 2.33. The average Bonchev–Trinajstić information content (AvgIpc) is 3.79. The van der Waals surface area contributed by atoms with Crippen LogP contribution in [0.1, 0.15) is 12.8 Å². The molecular formula is C52H99NO28. The highest BCUT2D eigenvalue weighted by Crippen LogP contribution is 2.12. The van der Waals surface area contributed by atoms with Crippen molar-refractivity contribution in [2.45, 2.75) is 12.8 Å². The summed E-state index contributed by atoms with van der Waals surface area (Å²) in [4.78, 5) is 38.9. The number of methoxy groups -OCH3 is 1. The maximum Gasteiger partial charge on any atom is 0.534 e. The van der Waals surface area contributed by atoms with Gasteiger partial charge in [-0.3, -0.25) is 14.4 Å². The predicted molar refractivity (Wildman–Crippen MR) is 283 cm³/mol. The molecule has 29 heteroatoms. The molecule has 0 aliphatic carbocycles. The van der Waals surface area contributed by atoms with Crippen LogP contribution in [0.25, 0.3) is 0 Å². The monoisotopic (exact) mass is 1190 g/mol. The lowest BCUT2D eigenvalue weighted by atomic mass is 10.4. The predicted octanol–water partition coefficient (Wildman–Crippen LogP) is 0.215. The lowest BCUT2D eigenvalue weighted by molar-refractivity contribution is -0.177. The highest BCUT2D eigenvalue weighted by atomic mass is 16.8. The molecule has 1 heterocycles. The van der Waals surface area contributed by atoms with Crippen molar-refractivity contribution in [2.24, 2.45) is 0 Å². The third kappa shape index (κ3) is 60.4. The first-order chi connectivity index (χ1) is 40.1.